The molecule has 1 N–H and O–H groups in total. The first kappa shape index (κ1) is 13.3. The smallest absolute Gasteiger partial charge is 0.267 e. The van der Waals surface area contributed by atoms with Crippen LogP contribution in [0, 0.1) is 16.7 Å². The van der Waals surface area contributed by atoms with Crippen LogP contribution in [0.5, 0.6) is 0 Å². The second-order valence-electron chi connectivity index (χ2n) is 6.86. The van der Waals surface area contributed by atoms with E-state index in [1.165, 1.54) is 18.6 Å². The Hall–Kier alpha value is -1.64. The topological polar surface area (TPSA) is 41.5 Å². The molecule has 1 aromatic carbocycles. The van der Waals surface area contributed by atoms with Gasteiger partial charge in [0.25, 0.3) is 5.91 Å². The number of amides is 1. The third-order valence-electron chi connectivity index (χ3n) is 5.84. The number of fused-ring (bicyclic) bond motifs is 2. The molecule has 2 atom stereocenters. The van der Waals surface area contributed by atoms with Crippen molar-refractivity contribution in [1.82, 2.24) is 5.43 Å². The molecule has 0 aliphatic heterocycles. The molecule has 106 valence electrons. The molecule has 0 unspecified atom stereocenters. The average Bonchev–Trinajstić information content (AvgIpc) is 2.78. The molecule has 2 aliphatic rings. The quantitative estimate of drug-likeness (QED) is 0.819. The molecule has 0 saturated heterocycles. The molecule has 3 rings (SSSR count). The van der Waals surface area contributed by atoms with E-state index in [4.69, 9.17) is 0 Å². The SMILES string of the molecule is CC1(C)[C@H]2CC[C@]1(C)/C(=N/NC(=O)c1ccccc1)C2. The molecule has 0 radical (unpaired) electrons. The number of carbonyl (C=O) groups excluding carboxylic acids is 1. The number of nitrogens with zero attached hydrogens (tertiary/aromatic N) is 1. The maximum absolute atomic E-state index is 12.1. The molecule has 0 heterocycles. The van der Waals surface area contributed by atoms with Gasteiger partial charge in [0, 0.05) is 16.7 Å². The number of nitrogens with one attached hydrogen (secondary N) is 1. The molecular weight excluding hydrogens is 248 g/mol. The zero-order valence-electron chi connectivity index (χ0n) is 12.4. The molecule has 2 fully saturated rings. The Balaban J connectivity index is 1.77. The Morgan fingerprint density at radius 3 is 2.50 bits per heavy atom. The van der Waals surface area contributed by atoms with Crippen molar-refractivity contribution in [3.8, 4) is 0 Å². The van der Waals surface area contributed by atoms with Gasteiger partial charge in [-0.2, -0.15) is 5.10 Å². The average molecular weight is 270 g/mol. The highest BCUT2D eigenvalue weighted by Crippen LogP contribution is 2.63. The van der Waals surface area contributed by atoms with Crippen LogP contribution in [0.4, 0.5) is 0 Å². The summed E-state index contributed by atoms with van der Waals surface area (Å²) < 4.78 is 0. The van der Waals surface area contributed by atoms with Crippen molar-refractivity contribution < 1.29 is 4.79 Å². The van der Waals surface area contributed by atoms with Gasteiger partial charge in [-0.05, 0) is 42.7 Å². The van der Waals surface area contributed by atoms with Gasteiger partial charge in [0.15, 0.2) is 0 Å². The summed E-state index contributed by atoms with van der Waals surface area (Å²) >= 11 is 0. The maximum Gasteiger partial charge on any atom is 0.271 e. The first-order chi connectivity index (χ1) is 9.45. The molecule has 1 amide bonds. The van der Waals surface area contributed by atoms with Crippen molar-refractivity contribution in [1.29, 1.82) is 0 Å². The van der Waals surface area contributed by atoms with Gasteiger partial charge in [0.2, 0.25) is 0 Å². The summed E-state index contributed by atoms with van der Waals surface area (Å²) in [5.41, 5.74) is 5.00. The molecule has 2 saturated carbocycles. The molecule has 3 nitrogen and oxygen atoms in total. The van der Waals surface area contributed by atoms with Crippen molar-refractivity contribution in [2.75, 3.05) is 0 Å². The van der Waals surface area contributed by atoms with Gasteiger partial charge in [-0.3, -0.25) is 4.79 Å². The van der Waals surface area contributed by atoms with Crippen molar-refractivity contribution in [3.05, 3.63) is 35.9 Å². The van der Waals surface area contributed by atoms with Gasteiger partial charge < -0.3 is 0 Å². The Kier molecular flexibility index (Phi) is 2.96. The van der Waals surface area contributed by atoms with Gasteiger partial charge in [0.1, 0.15) is 0 Å². The van der Waals surface area contributed by atoms with Gasteiger partial charge >= 0.3 is 0 Å². The number of hydrogen-bond donors (Lipinski definition) is 1. The number of hydrogen-bond acceptors (Lipinski definition) is 2. The van der Waals surface area contributed by atoms with Crippen LogP contribution in [0.15, 0.2) is 35.4 Å². The largest absolute Gasteiger partial charge is 0.271 e. The maximum atomic E-state index is 12.1. The first-order valence-electron chi connectivity index (χ1n) is 7.37. The van der Waals surface area contributed by atoms with Crippen molar-refractivity contribution in [2.24, 2.45) is 21.8 Å². The lowest BCUT2D eigenvalue weighted by Gasteiger charge is -2.34. The monoisotopic (exact) mass is 270 g/mol. The van der Waals surface area contributed by atoms with E-state index < -0.39 is 0 Å². The van der Waals surface area contributed by atoms with Gasteiger partial charge in [-0.15, -0.1) is 0 Å². The molecule has 0 spiro atoms. The number of benzene rings is 1. The van der Waals surface area contributed by atoms with Crippen LogP contribution in [0.1, 0.15) is 50.4 Å². The fraction of sp³-hybridized carbons (Fsp3) is 0.529. The normalized spacial score (nSPS) is 32.5. The van der Waals surface area contributed by atoms with E-state index in [0.717, 1.165) is 6.42 Å². The lowest BCUT2D eigenvalue weighted by atomic mass is 9.70. The van der Waals surface area contributed by atoms with E-state index in [1.54, 1.807) is 0 Å². The molecule has 2 aliphatic carbocycles. The zero-order valence-corrected chi connectivity index (χ0v) is 12.4. The van der Waals surface area contributed by atoms with E-state index in [1.807, 2.05) is 30.3 Å². The lowest BCUT2D eigenvalue weighted by molar-refractivity contribution is 0.0954. The summed E-state index contributed by atoms with van der Waals surface area (Å²) in [6.07, 6.45) is 3.50. The fourth-order valence-corrected chi connectivity index (χ4v) is 3.87. The summed E-state index contributed by atoms with van der Waals surface area (Å²) in [6.45, 7) is 6.98. The van der Waals surface area contributed by atoms with Crippen molar-refractivity contribution in [2.45, 2.75) is 40.0 Å². The van der Waals surface area contributed by atoms with Crippen LogP contribution in [-0.4, -0.2) is 11.6 Å². The summed E-state index contributed by atoms with van der Waals surface area (Å²) in [5.74, 6) is 0.585. The molecule has 1 aromatic rings. The minimum atomic E-state index is -0.123. The Labute approximate surface area is 120 Å². The Morgan fingerprint density at radius 2 is 1.95 bits per heavy atom. The summed E-state index contributed by atoms with van der Waals surface area (Å²) in [7, 11) is 0. The molecule has 0 aromatic heterocycles. The van der Waals surface area contributed by atoms with E-state index in [0.29, 0.717) is 16.9 Å². The predicted octanol–water partition coefficient (Wildman–Crippen LogP) is 3.62. The number of carbonyl (C=O) groups is 1. The summed E-state index contributed by atoms with van der Waals surface area (Å²) in [4.78, 5) is 12.1. The standard InChI is InChI=1S/C17H22N2O/c1-16(2)13-9-10-17(16,3)14(11-13)18-19-15(20)12-7-5-4-6-8-12/h4-8,13H,9-11H2,1-3H3,(H,19,20)/b18-14+/t13-,17+/m0/s1. The second kappa shape index (κ2) is 4.44. The molecule has 2 bridgehead atoms. The third-order valence-corrected chi connectivity index (χ3v) is 5.84. The van der Waals surface area contributed by atoms with Crippen LogP contribution in [0.3, 0.4) is 0 Å². The lowest BCUT2D eigenvalue weighted by Crippen LogP contribution is -2.34. The van der Waals surface area contributed by atoms with E-state index in [9.17, 15) is 4.79 Å². The highest BCUT2D eigenvalue weighted by atomic mass is 16.2. The van der Waals surface area contributed by atoms with Crippen LogP contribution >= 0.6 is 0 Å². The summed E-state index contributed by atoms with van der Waals surface area (Å²) in [5, 5.41) is 4.47. The van der Waals surface area contributed by atoms with Crippen LogP contribution in [-0.2, 0) is 0 Å². The van der Waals surface area contributed by atoms with Crippen LogP contribution in [0.25, 0.3) is 0 Å². The second-order valence-corrected chi connectivity index (χ2v) is 6.86. The van der Waals surface area contributed by atoms with Gasteiger partial charge in [-0.25, -0.2) is 5.43 Å². The van der Waals surface area contributed by atoms with Crippen LogP contribution in [0.2, 0.25) is 0 Å². The summed E-state index contributed by atoms with van der Waals surface area (Å²) in [6, 6.07) is 9.25. The van der Waals surface area contributed by atoms with Crippen molar-refractivity contribution in [3.63, 3.8) is 0 Å². The first-order valence-corrected chi connectivity index (χ1v) is 7.37. The van der Waals surface area contributed by atoms with Crippen molar-refractivity contribution >= 4 is 11.6 Å². The molecule has 20 heavy (non-hydrogen) atoms. The number of hydrazone groups is 1. The highest BCUT2D eigenvalue weighted by Gasteiger charge is 2.59. The van der Waals surface area contributed by atoms with Gasteiger partial charge in [-0.1, -0.05) is 39.0 Å². The molecule has 3 heteroatoms. The Bertz CT molecular complexity index is 562. The zero-order chi connectivity index (χ0) is 14.4. The minimum Gasteiger partial charge on any atom is -0.267 e. The third kappa shape index (κ3) is 1.80. The fourth-order valence-electron chi connectivity index (χ4n) is 3.87. The Morgan fingerprint density at radius 1 is 1.25 bits per heavy atom. The number of rotatable bonds is 2. The van der Waals surface area contributed by atoms with E-state index in [-0.39, 0.29) is 11.3 Å². The highest BCUT2D eigenvalue weighted by molar-refractivity contribution is 5.98. The molecular formula is C17H22N2O. The van der Waals surface area contributed by atoms with Gasteiger partial charge in [0.05, 0.1) is 0 Å². The van der Waals surface area contributed by atoms with Crippen LogP contribution < -0.4 is 5.43 Å². The van der Waals surface area contributed by atoms with E-state index in [2.05, 4.69) is 31.3 Å². The van der Waals surface area contributed by atoms with E-state index >= 15 is 0 Å². The predicted molar refractivity (Wildman–Crippen MR) is 80.6 cm³/mol. The minimum absolute atomic E-state index is 0.123.